The van der Waals surface area contributed by atoms with Gasteiger partial charge in [-0.3, -0.25) is 9.89 Å². The number of nitrogens with two attached hydrogens (primary N) is 1. The molecule has 1 saturated carbocycles. The lowest BCUT2D eigenvalue weighted by atomic mass is 10.2. The lowest BCUT2D eigenvalue weighted by molar-refractivity contribution is 0.0953. The number of aromatic amines is 1. The van der Waals surface area contributed by atoms with E-state index in [0.29, 0.717) is 17.8 Å². The fraction of sp³-hybridized carbons (Fsp3) is 0.600. The summed E-state index contributed by atoms with van der Waals surface area (Å²) in [4.78, 5) is 11.9. The highest BCUT2D eigenvalue weighted by Crippen LogP contribution is 2.46. The van der Waals surface area contributed by atoms with Gasteiger partial charge < -0.3 is 11.1 Å². The number of aromatic nitrogens is 2. The number of hydrogen-bond acceptors (Lipinski definition) is 4. The van der Waals surface area contributed by atoms with E-state index in [-0.39, 0.29) is 16.5 Å². The molecule has 0 unspecified atom stereocenters. The van der Waals surface area contributed by atoms with Gasteiger partial charge in [-0.05, 0) is 26.0 Å². The van der Waals surface area contributed by atoms with Gasteiger partial charge >= 0.3 is 0 Å². The van der Waals surface area contributed by atoms with Gasteiger partial charge in [0.1, 0.15) is 5.56 Å². The van der Waals surface area contributed by atoms with Gasteiger partial charge in [0.2, 0.25) is 0 Å². The van der Waals surface area contributed by atoms with Crippen molar-refractivity contribution in [1.29, 1.82) is 0 Å². The van der Waals surface area contributed by atoms with Gasteiger partial charge in [0.05, 0.1) is 0 Å². The van der Waals surface area contributed by atoms with E-state index in [2.05, 4.69) is 21.8 Å². The molecule has 0 radical (unpaired) electrons. The van der Waals surface area contributed by atoms with Crippen LogP contribution in [0.5, 0.6) is 0 Å². The smallest absolute Gasteiger partial charge is 0.256 e. The molecule has 5 nitrogen and oxygen atoms in total. The van der Waals surface area contributed by atoms with E-state index in [0.717, 1.165) is 0 Å². The molecule has 0 atom stereocenters. The Morgan fingerprint density at radius 3 is 2.81 bits per heavy atom. The molecular formula is C10H16N4OS. The summed E-state index contributed by atoms with van der Waals surface area (Å²) in [7, 11) is 0. The molecule has 1 aliphatic rings. The minimum atomic E-state index is -0.135. The normalized spacial score (nSPS) is 17.1. The summed E-state index contributed by atoms with van der Waals surface area (Å²) in [5.41, 5.74) is 6.80. The Kier molecular flexibility index (Phi) is 2.84. The first kappa shape index (κ1) is 11.3. The third-order valence-corrected chi connectivity index (χ3v) is 4.43. The molecule has 0 saturated heterocycles. The first-order valence-electron chi connectivity index (χ1n) is 5.22. The van der Waals surface area contributed by atoms with Crippen LogP contribution < -0.4 is 11.1 Å². The molecule has 0 aromatic carbocycles. The number of aryl methyl sites for hydroxylation is 1. The summed E-state index contributed by atoms with van der Waals surface area (Å²) >= 11 is 1.82. The highest BCUT2D eigenvalue weighted by molar-refractivity contribution is 8.00. The van der Waals surface area contributed by atoms with Crippen molar-refractivity contribution < 1.29 is 4.79 Å². The molecule has 1 aromatic heterocycles. The van der Waals surface area contributed by atoms with Crippen LogP contribution in [0.15, 0.2) is 0 Å². The largest absolute Gasteiger partial charge is 0.382 e. The van der Waals surface area contributed by atoms with Crippen LogP contribution in [-0.4, -0.2) is 33.7 Å². The molecule has 4 N–H and O–H groups in total. The van der Waals surface area contributed by atoms with Gasteiger partial charge in [0, 0.05) is 17.0 Å². The highest BCUT2D eigenvalue weighted by Gasteiger charge is 2.42. The SMILES string of the molecule is CSC1(CNC(=O)c2c(N)n[nH]c2C)CC1. The number of carbonyl (C=O) groups is 1. The van der Waals surface area contributed by atoms with Crippen molar-refractivity contribution in [3.63, 3.8) is 0 Å². The number of nitrogen functional groups attached to an aromatic ring is 1. The molecule has 0 bridgehead atoms. The molecule has 1 aliphatic carbocycles. The van der Waals surface area contributed by atoms with E-state index in [1.807, 2.05) is 11.8 Å². The van der Waals surface area contributed by atoms with Crippen LogP contribution in [0.2, 0.25) is 0 Å². The Labute approximate surface area is 98.6 Å². The second kappa shape index (κ2) is 4.01. The molecule has 88 valence electrons. The van der Waals surface area contributed by atoms with Crippen molar-refractivity contribution in [3.8, 4) is 0 Å². The van der Waals surface area contributed by atoms with E-state index in [1.54, 1.807) is 6.92 Å². The predicted octanol–water partition coefficient (Wildman–Crippen LogP) is 0.926. The summed E-state index contributed by atoms with van der Waals surface area (Å²) in [6.07, 6.45) is 4.43. The molecule has 16 heavy (non-hydrogen) atoms. The minimum absolute atomic E-state index is 0.135. The third-order valence-electron chi connectivity index (χ3n) is 3.01. The zero-order valence-corrected chi connectivity index (χ0v) is 10.3. The Morgan fingerprint density at radius 1 is 1.69 bits per heavy atom. The monoisotopic (exact) mass is 240 g/mol. The average Bonchev–Trinajstić information content (AvgIpc) is 2.97. The van der Waals surface area contributed by atoms with Gasteiger partial charge in [-0.15, -0.1) is 0 Å². The van der Waals surface area contributed by atoms with E-state index in [1.165, 1.54) is 12.8 Å². The second-order valence-corrected chi connectivity index (χ2v) is 5.45. The molecule has 1 heterocycles. The Bertz CT molecular complexity index is 391. The van der Waals surface area contributed by atoms with Crippen LogP contribution in [0.4, 0.5) is 5.82 Å². The maximum Gasteiger partial charge on any atom is 0.256 e. The molecule has 0 aliphatic heterocycles. The molecule has 1 fully saturated rings. The second-order valence-electron chi connectivity index (χ2n) is 4.18. The number of amides is 1. The summed E-state index contributed by atoms with van der Waals surface area (Å²) in [5, 5.41) is 9.43. The lowest BCUT2D eigenvalue weighted by Gasteiger charge is -2.12. The van der Waals surface area contributed by atoms with Crippen LogP contribution in [0.25, 0.3) is 0 Å². The van der Waals surface area contributed by atoms with E-state index >= 15 is 0 Å². The summed E-state index contributed by atoms with van der Waals surface area (Å²) in [6.45, 7) is 2.50. The molecule has 1 amide bonds. The molecule has 6 heteroatoms. The molecule has 1 aromatic rings. The van der Waals surface area contributed by atoms with Gasteiger partial charge in [-0.2, -0.15) is 16.9 Å². The Hall–Kier alpha value is -1.17. The number of thioether (sulfide) groups is 1. The lowest BCUT2D eigenvalue weighted by Crippen LogP contribution is -2.32. The quantitative estimate of drug-likeness (QED) is 0.731. The van der Waals surface area contributed by atoms with Crippen LogP contribution in [-0.2, 0) is 0 Å². The zero-order valence-electron chi connectivity index (χ0n) is 9.46. The first-order chi connectivity index (χ1) is 7.58. The highest BCUT2D eigenvalue weighted by atomic mass is 32.2. The maximum absolute atomic E-state index is 11.9. The van der Waals surface area contributed by atoms with Gasteiger partial charge in [0.25, 0.3) is 5.91 Å². The number of H-pyrrole nitrogens is 1. The average molecular weight is 240 g/mol. The van der Waals surface area contributed by atoms with Crippen LogP contribution in [0.3, 0.4) is 0 Å². The Balaban J connectivity index is 1.98. The number of rotatable bonds is 4. The van der Waals surface area contributed by atoms with Crippen molar-refractivity contribution in [1.82, 2.24) is 15.5 Å². The van der Waals surface area contributed by atoms with Crippen LogP contribution >= 0.6 is 11.8 Å². The topological polar surface area (TPSA) is 83.8 Å². The molecule has 2 rings (SSSR count). The maximum atomic E-state index is 11.9. The Morgan fingerprint density at radius 2 is 2.38 bits per heavy atom. The van der Waals surface area contributed by atoms with Gasteiger partial charge in [0.15, 0.2) is 5.82 Å². The van der Waals surface area contributed by atoms with Crippen molar-refractivity contribution in [2.24, 2.45) is 0 Å². The van der Waals surface area contributed by atoms with Crippen molar-refractivity contribution in [3.05, 3.63) is 11.3 Å². The molecule has 0 spiro atoms. The summed E-state index contributed by atoms with van der Waals surface area (Å²) in [6, 6.07) is 0. The molecular weight excluding hydrogens is 224 g/mol. The van der Waals surface area contributed by atoms with Crippen LogP contribution in [0, 0.1) is 6.92 Å². The number of nitrogens with one attached hydrogen (secondary N) is 2. The van der Waals surface area contributed by atoms with Crippen molar-refractivity contribution >= 4 is 23.5 Å². The van der Waals surface area contributed by atoms with Crippen molar-refractivity contribution in [2.75, 3.05) is 18.5 Å². The van der Waals surface area contributed by atoms with Crippen molar-refractivity contribution in [2.45, 2.75) is 24.5 Å². The van der Waals surface area contributed by atoms with Crippen LogP contribution in [0.1, 0.15) is 28.9 Å². The number of carbonyl (C=O) groups excluding carboxylic acids is 1. The number of nitrogens with zero attached hydrogens (tertiary/aromatic N) is 1. The summed E-state index contributed by atoms with van der Waals surface area (Å²) in [5.74, 6) is 0.132. The minimum Gasteiger partial charge on any atom is -0.382 e. The number of anilines is 1. The first-order valence-corrected chi connectivity index (χ1v) is 6.44. The fourth-order valence-electron chi connectivity index (χ4n) is 1.66. The van der Waals surface area contributed by atoms with E-state index in [9.17, 15) is 4.79 Å². The zero-order chi connectivity index (χ0) is 11.8. The number of hydrogen-bond donors (Lipinski definition) is 3. The van der Waals surface area contributed by atoms with Gasteiger partial charge in [-0.25, -0.2) is 0 Å². The fourth-order valence-corrected chi connectivity index (χ4v) is 2.38. The third kappa shape index (κ3) is 2.02. The van der Waals surface area contributed by atoms with E-state index in [4.69, 9.17) is 5.73 Å². The van der Waals surface area contributed by atoms with E-state index < -0.39 is 0 Å². The van der Waals surface area contributed by atoms with Gasteiger partial charge in [-0.1, -0.05) is 0 Å². The standard InChI is InChI=1S/C10H16N4OS/c1-6-7(8(11)14-13-6)9(15)12-5-10(16-2)3-4-10/h3-5H2,1-2H3,(H,12,15)(H3,11,13,14). The summed E-state index contributed by atoms with van der Waals surface area (Å²) < 4.78 is 0.266. The predicted molar refractivity (Wildman–Crippen MR) is 65.6 cm³/mol.